The zero-order valence-corrected chi connectivity index (χ0v) is 81.8. The van der Waals surface area contributed by atoms with E-state index in [1.807, 2.05) is 92.0 Å². The Labute approximate surface area is 809 Å². The molecule has 0 bridgehead atoms. The second-order valence-corrected chi connectivity index (χ2v) is 47.0. The van der Waals surface area contributed by atoms with Gasteiger partial charge in [0.2, 0.25) is 10.0 Å². The number of amides is 1. The van der Waals surface area contributed by atoms with Gasteiger partial charge in [-0.2, -0.15) is 20.4 Å². The molecule has 139 heavy (non-hydrogen) atoms. The summed E-state index contributed by atoms with van der Waals surface area (Å²) in [6, 6.07) is 53.7. The van der Waals surface area contributed by atoms with Crippen molar-refractivity contribution in [1.29, 1.82) is 0 Å². The van der Waals surface area contributed by atoms with Gasteiger partial charge in [-0.05, 0) is 338 Å². The summed E-state index contributed by atoms with van der Waals surface area (Å²) in [5.41, 5.74) is 17.6. The fourth-order valence-corrected chi connectivity index (χ4v) is 27.3. The van der Waals surface area contributed by atoms with Crippen molar-refractivity contribution in [2.24, 2.45) is 27.4 Å². The zero-order chi connectivity index (χ0) is 98.6. The normalized spacial score (nSPS) is 24.6. The van der Waals surface area contributed by atoms with Crippen LogP contribution in [0.15, 0.2) is 256 Å². The summed E-state index contributed by atoms with van der Waals surface area (Å²) < 4.78 is 139. The molecular formula is C110H118F4N10O12S3. The lowest BCUT2D eigenvalue weighted by Gasteiger charge is -2.42. The smallest absolute Gasteiger partial charge is 0.253 e. The molecule has 9 aliphatic carbocycles. The maximum atomic E-state index is 13.4. The molecule has 22 nitrogen and oxygen atoms in total. The van der Waals surface area contributed by atoms with Crippen LogP contribution in [0.5, 0.6) is 0 Å². The standard InChI is InChI=1S/C28H30FN3O3.C28H29FN2O3S.C27H30FN3O3S.C27H29FN2O3S/c1-26-16-19-17-31-32(22-9-7-21(29)8-10-22)24(19)15-20(26)12-14-28(26,35)13-11-18-5-3-4-6-23(18)27(2,34)25(30)33;1-27-17-20-18-30-31(23-8-6-22(29)7-9-23)25(20)16-21(27)13-15-28(27,32)14-12-19-4-2-3-5-26(19)35(33,34)24-10-11-24;1-26-17-20-18-29-31(23-10-8-22(28)9-11-23)24(20)16-21(26)13-15-27(26,32)14-12-19-6-4-5-7-25(19)35(33,34)30(2)3;1-3-34(32,33)25-7-5-4-6-19(25)12-14-27(31)15-13-21-16-24-20(17-26(21,27)2)18-29-30(24)23-10-8-22(28)9-11-23/h3-10,15,17,34-35H,11-14,16H2,1-2H3,(H2,30,33);2-9,16,18,24,32H,10-15,17H2,1H3;4-11,16,18,32H,12-15,17H2,1-3H3;4-11,16,18,31H,3,12-15,17H2,1-2H3/t26-,27?,28-;27-,28-;2*26-,27-/m0000/s1. The highest BCUT2D eigenvalue weighted by Gasteiger charge is 2.60. The number of benzene rings is 8. The monoisotopic (exact) mass is 1940 g/mol. The van der Waals surface area contributed by atoms with Gasteiger partial charge in [-0.25, -0.2) is 65.8 Å². The maximum absolute atomic E-state index is 13.4. The molecule has 0 radical (unpaired) electrons. The van der Waals surface area contributed by atoms with Gasteiger partial charge in [-0.1, -0.05) is 136 Å². The first-order valence-corrected chi connectivity index (χ1v) is 52.4. The van der Waals surface area contributed by atoms with E-state index in [2.05, 4.69) is 72.4 Å². The molecule has 1 unspecified atom stereocenters. The van der Waals surface area contributed by atoms with E-state index >= 15 is 0 Å². The second-order valence-electron chi connectivity index (χ2n) is 40.5. The molecule has 8 aromatic carbocycles. The maximum Gasteiger partial charge on any atom is 0.253 e. The lowest BCUT2D eigenvalue weighted by atomic mass is 9.65. The lowest BCUT2D eigenvalue weighted by molar-refractivity contribution is -0.135. The number of aliphatic hydroxyl groups is 5. The number of nitrogens with two attached hydrogens (primary N) is 1. The molecule has 0 spiro atoms. The van der Waals surface area contributed by atoms with E-state index in [4.69, 9.17) is 5.73 Å². The van der Waals surface area contributed by atoms with Crippen LogP contribution in [0.3, 0.4) is 0 Å². The van der Waals surface area contributed by atoms with E-state index in [-0.39, 0.29) is 34.3 Å². The number of carbonyl (C=O) groups excluding carboxylic acids is 1. The molecule has 5 saturated carbocycles. The van der Waals surface area contributed by atoms with Crippen molar-refractivity contribution in [2.45, 2.75) is 231 Å². The van der Waals surface area contributed by atoms with Crippen LogP contribution in [0.4, 0.5) is 17.6 Å². The van der Waals surface area contributed by atoms with E-state index in [1.165, 1.54) is 96.1 Å². The summed E-state index contributed by atoms with van der Waals surface area (Å²) in [4.78, 5) is 12.9. The third kappa shape index (κ3) is 17.7. The van der Waals surface area contributed by atoms with Gasteiger partial charge in [-0.3, -0.25) is 4.79 Å². The second kappa shape index (κ2) is 36.8. The number of halogens is 4. The molecule has 7 N–H and O–H groups in total. The van der Waals surface area contributed by atoms with Gasteiger partial charge in [0, 0.05) is 35.8 Å². The predicted molar refractivity (Wildman–Crippen MR) is 527 cm³/mol. The van der Waals surface area contributed by atoms with Crippen molar-refractivity contribution in [1.82, 2.24) is 43.4 Å². The van der Waals surface area contributed by atoms with E-state index < -0.39 is 85.3 Å². The lowest BCUT2D eigenvalue weighted by Crippen LogP contribution is -2.45. The van der Waals surface area contributed by atoms with E-state index in [9.17, 15) is 73.1 Å². The number of carbonyl (C=O) groups is 1. The van der Waals surface area contributed by atoms with Gasteiger partial charge >= 0.3 is 0 Å². The molecule has 29 heteroatoms. The van der Waals surface area contributed by atoms with Crippen molar-refractivity contribution >= 4 is 59.9 Å². The zero-order valence-electron chi connectivity index (χ0n) is 79.4. The summed E-state index contributed by atoms with van der Waals surface area (Å²) >= 11 is 0. The minimum atomic E-state index is -3.57. The fraction of sp³-hybridized carbons (Fsp3) is 0.373. The van der Waals surface area contributed by atoms with Crippen LogP contribution in [-0.4, -0.2) is 148 Å². The number of rotatable bonds is 24. The average Bonchev–Trinajstić information content (AvgIpc) is 1.58. The van der Waals surface area contributed by atoms with Gasteiger partial charge < -0.3 is 31.3 Å². The van der Waals surface area contributed by atoms with Crippen molar-refractivity contribution in [3.05, 3.63) is 337 Å². The first kappa shape index (κ1) is 97.6. The van der Waals surface area contributed by atoms with Crippen LogP contribution in [0.25, 0.3) is 47.1 Å². The van der Waals surface area contributed by atoms with Crippen LogP contribution < -0.4 is 5.73 Å². The molecule has 0 aliphatic heterocycles. The first-order valence-electron chi connectivity index (χ1n) is 47.8. The largest absolute Gasteiger partial charge is 0.389 e. The summed E-state index contributed by atoms with van der Waals surface area (Å²) in [6.45, 7) is 11.5. The van der Waals surface area contributed by atoms with Gasteiger partial charge in [0.1, 0.15) is 23.3 Å². The number of fused-ring (bicyclic) bond motifs is 8. The molecule has 21 rings (SSSR count). The minimum Gasteiger partial charge on any atom is -0.389 e. The fourth-order valence-electron chi connectivity index (χ4n) is 23.1. The van der Waals surface area contributed by atoms with Crippen molar-refractivity contribution in [2.75, 3.05) is 19.8 Å². The van der Waals surface area contributed by atoms with Crippen molar-refractivity contribution in [3.8, 4) is 22.7 Å². The summed E-state index contributed by atoms with van der Waals surface area (Å²) in [5, 5.41) is 76.3. The highest BCUT2D eigenvalue weighted by atomic mass is 32.2. The van der Waals surface area contributed by atoms with Gasteiger partial charge in [0.25, 0.3) is 5.91 Å². The Morgan fingerprint density at radius 1 is 0.410 bits per heavy atom. The van der Waals surface area contributed by atoms with Crippen LogP contribution in [0, 0.1) is 44.9 Å². The highest BCUT2D eigenvalue weighted by Crippen LogP contribution is 2.62. The Morgan fingerprint density at radius 3 is 0.971 bits per heavy atom. The molecule has 5 fully saturated rings. The molecule has 12 aromatic rings. The highest BCUT2D eigenvalue weighted by molar-refractivity contribution is 7.92. The Hall–Kier alpha value is -11.6. The Balaban J connectivity index is 0.000000123. The number of hydrogen-bond acceptors (Lipinski definition) is 16. The molecule has 9 aliphatic rings. The Morgan fingerprint density at radius 2 is 0.676 bits per heavy atom. The third-order valence-electron chi connectivity index (χ3n) is 32.3. The molecule has 726 valence electrons. The number of nitrogens with zero attached hydrogens (tertiary/aromatic N) is 9. The van der Waals surface area contributed by atoms with Gasteiger partial charge in [-0.15, -0.1) is 0 Å². The number of primary amides is 1. The molecular weight excluding hydrogens is 1830 g/mol. The topological polar surface area (TPSA) is 321 Å². The van der Waals surface area contributed by atoms with Crippen LogP contribution in [0.1, 0.15) is 204 Å². The molecule has 4 aromatic heterocycles. The Kier molecular flexibility index (Phi) is 25.8. The summed E-state index contributed by atoms with van der Waals surface area (Å²) in [5.74, 6) is -1.90. The van der Waals surface area contributed by atoms with E-state index in [0.717, 1.165) is 129 Å². The Bertz CT molecular complexity index is 7060. The van der Waals surface area contributed by atoms with Gasteiger partial charge in [0.15, 0.2) is 25.3 Å². The minimum absolute atomic E-state index is 0.0553. The number of hydrogen-bond donors (Lipinski definition) is 6. The predicted octanol–water partition coefficient (Wildman–Crippen LogP) is 18.1. The molecule has 0 saturated heterocycles. The third-order valence-corrected chi connectivity index (χ3v) is 38.4. The molecule has 1 amide bonds. The first-order chi connectivity index (χ1) is 66.0. The molecule has 4 heterocycles. The average molecular weight is 1940 g/mol. The van der Waals surface area contributed by atoms with Crippen LogP contribution in [0.2, 0.25) is 0 Å². The van der Waals surface area contributed by atoms with E-state index in [0.29, 0.717) is 123 Å². The van der Waals surface area contributed by atoms with Crippen molar-refractivity contribution in [3.63, 3.8) is 0 Å². The molecule has 9 atom stereocenters. The summed E-state index contributed by atoms with van der Waals surface area (Å²) in [7, 11) is -7.14. The number of aryl methyl sites for hydroxylation is 4. The van der Waals surface area contributed by atoms with Crippen LogP contribution in [-0.2, 0) is 91.5 Å². The number of sulfonamides is 1. The number of sulfone groups is 2. The van der Waals surface area contributed by atoms with Crippen LogP contribution >= 0.6 is 0 Å². The summed E-state index contributed by atoms with van der Waals surface area (Å²) in [6.07, 6.45) is 29.4. The van der Waals surface area contributed by atoms with Crippen molar-refractivity contribution < 1.29 is 73.1 Å². The quantitative estimate of drug-likeness (QED) is 0.0306. The van der Waals surface area contributed by atoms with E-state index in [1.54, 1.807) is 104 Å². The number of aromatic nitrogens is 8. The SMILES string of the molecule is CC(O)(C(N)=O)c1ccccc1CC[C@]1(O)CCC2=Cc3c(cnn3-c3ccc(F)cc3)C[C@@]21C.CCS(=O)(=O)c1ccccc1CC[C@]1(O)CCC2=Cc3c(cnn3-c3ccc(F)cc3)C[C@@]21C.CN(C)S(=O)(=O)c1ccccc1CC[C@]1(O)CCC2=Cc3c(cnn3-c3ccc(F)cc3)C[C@@]21C.C[C@]12Cc3cnn(-c4ccc(F)cc4)c3C=C1CC[C@@]2(O)CCc1ccccc1S(=O)(=O)C1CC1. The van der Waals surface area contributed by atoms with Gasteiger partial charge in [0.05, 0.1) is 118 Å².